The number of nitrogens with zero attached hydrogens (tertiary/aromatic N) is 2. The number of carbonyl (C=O) groups is 1. The van der Waals surface area contributed by atoms with Crippen molar-refractivity contribution in [2.24, 2.45) is 5.73 Å². The Kier molecular flexibility index (Phi) is 5.12. The second-order valence-electron chi connectivity index (χ2n) is 7.19. The number of carbonyl (C=O) groups excluding carboxylic acids is 1. The number of hydrogen-bond acceptors (Lipinski definition) is 7. The van der Waals surface area contributed by atoms with Crippen molar-refractivity contribution in [1.29, 1.82) is 5.26 Å². The molecule has 1 saturated carbocycles. The maximum atomic E-state index is 11.8. The fourth-order valence-electron chi connectivity index (χ4n) is 3.93. The number of methoxy groups -OCH3 is 1. The van der Waals surface area contributed by atoms with E-state index in [0.29, 0.717) is 11.3 Å². The quantitative estimate of drug-likeness (QED) is 0.747. The van der Waals surface area contributed by atoms with Crippen molar-refractivity contribution >= 4 is 5.97 Å². The van der Waals surface area contributed by atoms with E-state index < -0.39 is 11.9 Å². The van der Waals surface area contributed by atoms with Crippen LogP contribution < -0.4 is 15.2 Å². The number of nitrogens with two attached hydrogens (primary N) is 1. The normalized spacial score (nSPS) is 18.7. The summed E-state index contributed by atoms with van der Waals surface area (Å²) in [7, 11) is 1.32. The largest absolute Gasteiger partial charge is 0.490 e. The van der Waals surface area contributed by atoms with Crippen molar-refractivity contribution in [2.75, 3.05) is 7.11 Å². The van der Waals surface area contributed by atoms with Crippen molar-refractivity contribution in [3.63, 3.8) is 0 Å². The molecule has 150 valence electrons. The summed E-state index contributed by atoms with van der Waals surface area (Å²) in [4.78, 5) is 11.8. The van der Waals surface area contributed by atoms with E-state index in [9.17, 15) is 10.1 Å². The molecule has 0 radical (unpaired) electrons. The van der Waals surface area contributed by atoms with Crippen molar-refractivity contribution in [3.8, 4) is 17.7 Å². The van der Waals surface area contributed by atoms with Crippen LogP contribution in [0.1, 0.15) is 48.4 Å². The first kappa shape index (κ1) is 18.9. The molecule has 1 aromatic heterocycles. The standard InChI is InChI=1S/C21H22N4O4/c1-27-17(26)10-16-19-18(15(11-22)20(23)29-21(19)25-24-16)12-6-8-14(9-7-12)28-13-4-2-3-5-13/h6-9,13,18H,2-5,10,23H2,1H3,(H,24,25)/t18-/m0/s1. The van der Waals surface area contributed by atoms with E-state index in [1.165, 1.54) is 20.0 Å². The smallest absolute Gasteiger partial charge is 0.311 e. The first-order valence-electron chi connectivity index (χ1n) is 9.59. The minimum Gasteiger partial charge on any atom is -0.490 e. The summed E-state index contributed by atoms with van der Waals surface area (Å²) in [6.45, 7) is 0. The highest BCUT2D eigenvalue weighted by Crippen LogP contribution is 2.43. The molecule has 2 aliphatic rings. The van der Waals surface area contributed by atoms with Crippen molar-refractivity contribution in [1.82, 2.24) is 10.2 Å². The summed E-state index contributed by atoms with van der Waals surface area (Å²) in [5.74, 6) is 0.147. The third kappa shape index (κ3) is 3.63. The molecule has 1 atom stereocenters. The van der Waals surface area contributed by atoms with Crippen LogP contribution in [0.2, 0.25) is 0 Å². The lowest BCUT2D eigenvalue weighted by atomic mass is 9.83. The molecule has 0 saturated heterocycles. The Morgan fingerprint density at radius 1 is 1.34 bits per heavy atom. The molecule has 8 heteroatoms. The Hall–Kier alpha value is -3.47. The highest BCUT2D eigenvalue weighted by atomic mass is 16.5. The summed E-state index contributed by atoms with van der Waals surface area (Å²) in [6, 6.07) is 9.75. The zero-order chi connectivity index (χ0) is 20.4. The van der Waals surface area contributed by atoms with Crippen LogP contribution in [0.25, 0.3) is 0 Å². The van der Waals surface area contributed by atoms with Gasteiger partial charge in [0.25, 0.3) is 0 Å². The van der Waals surface area contributed by atoms with Crippen LogP contribution >= 0.6 is 0 Å². The zero-order valence-electron chi connectivity index (χ0n) is 16.1. The molecular formula is C21H22N4O4. The second kappa shape index (κ2) is 7.87. The number of benzene rings is 1. The van der Waals surface area contributed by atoms with E-state index in [1.54, 1.807) is 0 Å². The number of ether oxygens (including phenoxy) is 3. The maximum absolute atomic E-state index is 11.8. The number of aromatic nitrogens is 2. The fourth-order valence-corrected chi connectivity index (χ4v) is 3.93. The molecule has 0 unspecified atom stereocenters. The molecule has 1 fully saturated rings. The Morgan fingerprint density at radius 3 is 2.72 bits per heavy atom. The van der Waals surface area contributed by atoms with Gasteiger partial charge in [-0.15, -0.1) is 5.10 Å². The lowest BCUT2D eigenvalue weighted by Crippen LogP contribution is -2.22. The molecular weight excluding hydrogens is 372 g/mol. The molecule has 29 heavy (non-hydrogen) atoms. The SMILES string of the molecule is COC(=O)Cc1[nH]nc2c1[C@@H](c1ccc(OC3CCCC3)cc1)C(C#N)=C(N)O2. The van der Waals surface area contributed by atoms with Gasteiger partial charge in [-0.1, -0.05) is 12.1 Å². The van der Waals surface area contributed by atoms with Crippen molar-refractivity contribution < 1.29 is 19.0 Å². The average Bonchev–Trinajstić information content (AvgIpc) is 3.37. The fraction of sp³-hybridized carbons (Fsp3) is 0.381. The monoisotopic (exact) mass is 394 g/mol. The first-order chi connectivity index (χ1) is 14.1. The minimum absolute atomic E-state index is 0.00685. The van der Waals surface area contributed by atoms with Crippen LogP contribution in [-0.2, 0) is 16.0 Å². The lowest BCUT2D eigenvalue weighted by molar-refractivity contribution is -0.139. The van der Waals surface area contributed by atoms with Crippen LogP contribution in [0.15, 0.2) is 35.7 Å². The van der Waals surface area contributed by atoms with Crippen LogP contribution in [0.3, 0.4) is 0 Å². The van der Waals surface area contributed by atoms with Gasteiger partial charge in [0.1, 0.15) is 17.4 Å². The molecule has 1 aliphatic carbocycles. The Morgan fingerprint density at radius 2 is 2.07 bits per heavy atom. The van der Waals surface area contributed by atoms with Crippen LogP contribution in [0.4, 0.5) is 0 Å². The number of nitrogens with one attached hydrogen (secondary N) is 1. The van der Waals surface area contributed by atoms with Crippen LogP contribution in [-0.4, -0.2) is 29.4 Å². The Labute approximate surface area is 168 Å². The van der Waals surface area contributed by atoms with E-state index in [2.05, 4.69) is 16.3 Å². The molecule has 4 rings (SSSR count). The molecule has 3 N–H and O–H groups in total. The number of hydrogen-bond donors (Lipinski definition) is 2. The molecule has 8 nitrogen and oxygen atoms in total. The molecule has 0 amide bonds. The Balaban J connectivity index is 1.69. The predicted octanol–water partition coefficient (Wildman–Crippen LogP) is 2.66. The molecule has 0 bridgehead atoms. The molecule has 2 aromatic rings. The summed E-state index contributed by atoms with van der Waals surface area (Å²) < 4.78 is 16.3. The summed E-state index contributed by atoms with van der Waals surface area (Å²) >= 11 is 0. The average molecular weight is 394 g/mol. The highest BCUT2D eigenvalue weighted by Gasteiger charge is 2.35. The highest BCUT2D eigenvalue weighted by molar-refractivity contribution is 5.73. The van der Waals surface area contributed by atoms with Gasteiger partial charge >= 0.3 is 5.97 Å². The van der Waals surface area contributed by atoms with Gasteiger partial charge in [-0.2, -0.15) is 5.26 Å². The summed E-state index contributed by atoms with van der Waals surface area (Å²) in [6.07, 6.45) is 4.81. The van der Waals surface area contributed by atoms with Crippen LogP contribution in [0.5, 0.6) is 11.6 Å². The number of allylic oxidation sites excluding steroid dienone is 1. The van der Waals surface area contributed by atoms with E-state index in [0.717, 1.165) is 24.2 Å². The maximum Gasteiger partial charge on any atom is 0.311 e. The van der Waals surface area contributed by atoms with Gasteiger partial charge < -0.3 is 19.9 Å². The number of nitriles is 1. The zero-order valence-corrected chi connectivity index (χ0v) is 16.1. The summed E-state index contributed by atoms with van der Waals surface area (Å²) in [5.41, 5.74) is 8.23. The topological polar surface area (TPSA) is 123 Å². The van der Waals surface area contributed by atoms with Gasteiger partial charge in [0, 0.05) is 0 Å². The lowest BCUT2D eigenvalue weighted by Gasteiger charge is -2.24. The number of aromatic amines is 1. The third-order valence-corrected chi connectivity index (χ3v) is 5.38. The van der Waals surface area contributed by atoms with Gasteiger partial charge in [0.2, 0.25) is 11.8 Å². The van der Waals surface area contributed by atoms with E-state index >= 15 is 0 Å². The number of fused-ring (bicyclic) bond motifs is 1. The van der Waals surface area contributed by atoms with E-state index in [4.69, 9.17) is 19.9 Å². The van der Waals surface area contributed by atoms with E-state index in [-0.39, 0.29) is 29.9 Å². The molecule has 0 spiro atoms. The van der Waals surface area contributed by atoms with Crippen LogP contribution in [0, 0.1) is 11.3 Å². The second-order valence-corrected chi connectivity index (χ2v) is 7.19. The van der Waals surface area contributed by atoms with Gasteiger partial charge in [-0.05, 0) is 43.4 Å². The van der Waals surface area contributed by atoms with Gasteiger partial charge in [0.15, 0.2) is 0 Å². The molecule has 1 aromatic carbocycles. The number of esters is 1. The summed E-state index contributed by atoms with van der Waals surface area (Å²) in [5, 5.41) is 16.6. The third-order valence-electron chi connectivity index (χ3n) is 5.38. The molecule has 2 heterocycles. The van der Waals surface area contributed by atoms with E-state index in [1.807, 2.05) is 24.3 Å². The van der Waals surface area contributed by atoms with Gasteiger partial charge in [-0.25, -0.2) is 0 Å². The van der Waals surface area contributed by atoms with Crippen molar-refractivity contribution in [3.05, 3.63) is 52.5 Å². The Bertz CT molecular complexity index is 981. The first-order valence-corrected chi connectivity index (χ1v) is 9.59. The van der Waals surface area contributed by atoms with Gasteiger partial charge in [0.05, 0.1) is 36.8 Å². The number of rotatable bonds is 5. The molecule has 1 aliphatic heterocycles. The number of H-pyrrole nitrogens is 1. The van der Waals surface area contributed by atoms with Crippen molar-refractivity contribution in [2.45, 2.75) is 44.1 Å². The predicted molar refractivity (Wildman–Crippen MR) is 103 cm³/mol. The minimum atomic E-state index is -0.498. The van der Waals surface area contributed by atoms with Gasteiger partial charge in [-0.3, -0.25) is 9.89 Å².